The van der Waals surface area contributed by atoms with Gasteiger partial charge < -0.3 is 4.52 Å². The first-order chi connectivity index (χ1) is 9.11. The summed E-state index contributed by atoms with van der Waals surface area (Å²) in [6, 6.07) is 0. The van der Waals surface area contributed by atoms with Gasteiger partial charge in [0, 0.05) is 31.4 Å². The molecule has 0 aromatic rings. The average Bonchev–Trinajstić information content (AvgIpc) is 2.40. The lowest BCUT2D eigenvalue weighted by Crippen LogP contribution is -2.46. The number of rotatable bonds is 5. The SMILES string of the molecule is CN1C[C@@H]2CCCC[C@H]2OP1(=O)N(CCCl)CCCl. The van der Waals surface area contributed by atoms with Crippen LogP contribution in [0.2, 0.25) is 0 Å². The molecule has 0 radical (unpaired) electrons. The van der Waals surface area contributed by atoms with Gasteiger partial charge in [-0.15, -0.1) is 23.2 Å². The van der Waals surface area contributed by atoms with Gasteiger partial charge in [-0.05, 0) is 25.8 Å². The Morgan fingerprint density at radius 2 is 1.89 bits per heavy atom. The summed E-state index contributed by atoms with van der Waals surface area (Å²) in [5.74, 6) is 1.40. The minimum atomic E-state index is -2.94. The molecule has 2 rings (SSSR count). The molecule has 0 aromatic carbocycles. The van der Waals surface area contributed by atoms with Crippen LogP contribution in [0.4, 0.5) is 0 Å². The molecule has 1 saturated heterocycles. The average molecular weight is 329 g/mol. The standard InChI is InChI=1S/C12H23Cl2N2O2P/c1-15-10-11-4-2-3-5-12(11)18-19(15,17)16(8-6-13)9-7-14/h11-12H,2-10H2,1H3/t11-,12+,19?/m0/s1. The van der Waals surface area contributed by atoms with Crippen LogP contribution in [-0.4, -0.2) is 53.9 Å². The van der Waals surface area contributed by atoms with Gasteiger partial charge in [0.15, 0.2) is 0 Å². The summed E-state index contributed by atoms with van der Waals surface area (Å²) in [5.41, 5.74) is 0. The van der Waals surface area contributed by atoms with Crippen molar-refractivity contribution in [2.24, 2.45) is 5.92 Å². The van der Waals surface area contributed by atoms with Gasteiger partial charge in [0.25, 0.3) is 0 Å². The van der Waals surface area contributed by atoms with E-state index in [1.807, 2.05) is 16.4 Å². The molecule has 112 valence electrons. The van der Waals surface area contributed by atoms with Crippen molar-refractivity contribution in [1.82, 2.24) is 9.34 Å². The molecule has 1 aliphatic carbocycles. The van der Waals surface area contributed by atoms with Crippen molar-refractivity contribution in [1.29, 1.82) is 0 Å². The summed E-state index contributed by atoms with van der Waals surface area (Å²) >= 11 is 11.6. The van der Waals surface area contributed by atoms with Crippen molar-refractivity contribution < 1.29 is 9.09 Å². The van der Waals surface area contributed by atoms with Gasteiger partial charge in [0.05, 0.1) is 6.10 Å². The lowest BCUT2D eigenvalue weighted by molar-refractivity contribution is 0.0304. The second-order valence-electron chi connectivity index (χ2n) is 5.35. The molecule has 1 heterocycles. The van der Waals surface area contributed by atoms with Gasteiger partial charge >= 0.3 is 7.67 Å². The van der Waals surface area contributed by atoms with Crippen LogP contribution in [0.15, 0.2) is 0 Å². The van der Waals surface area contributed by atoms with Gasteiger partial charge in [-0.1, -0.05) is 12.8 Å². The van der Waals surface area contributed by atoms with E-state index in [1.165, 1.54) is 19.3 Å². The Morgan fingerprint density at radius 3 is 2.53 bits per heavy atom. The van der Waals surface area contributed by atoms with Crippen molar-refractivity contribution in [3.05, 3.63) is 0 Å². The highest BCUT2D eigenvalue weighted by molar-refractivity contribution is 7.54. The Balaban J connectivity index is 2.13. The summed E-state index contributed by atoms with van der Waals surface area (Å²) in [4.78, 5) is 0. The predicted octanol–water partition coefficient (Wildman–Crippen LogP) is 3.39. The molecule has 1 saturated carbocycles. The quantitative estimate of drug-likeness (QED) is 0.572. The molecule has 7 heteroatoms. The molecular formula is C12H23Cl2N2O2P. The largest absolute Gasteiger partial charge is 0.346 e. The monoisotopic (exact) mass is 328 g/mol. The maximum Gasteiger partial charge on any atom is 0.346 e. The molecule has 0 N–H and O–H groups in total. The van der Waals surface area contributed by atoms with Gasteiger partial charge in [-0.3, -0.25) is 4.57 Å². The normalized spacial score (nSPS) is 36.4. The number of nitrogens with zero attached hydrogens (tertiary/aromatic N) is 2. The van der Waals surface area contributed by atoms with Crippen LogP contribution in [-0.2, 0) is 9.09 Å². The first kappa shape index (κ1) is 16.1. The fourth-order valence-electron chi connectivity index (χ4n) is 3.06. The van der Waals surface area contributed by atoms with Crippen LogP contribution in [0.25, 0.3) is 0 Å². The zero-order chi connectivity index (χ0) is 13.9. The third kappa shape index (κ3) is 3.48. The van der Waals surface area contributed by atoms with E-state index >= 15 is 0 Å². The summed E-state index contributed by atoms with van der Waals surface area (Å²) in [5, 5.41) is 0. The first-order valence-electron chi connectivity index (χ1n) is 6.99. The summed E-state index contributed by atoms with van der Waals surface area (Å²) in [7, 11) is -1.05. The fraction of sp³-hybridized carbons (Fsp3) is 1.00. The summed E-state index contributed by atoms with van der Waals surface area (Å²) in [6.07, 6.45) is 4.79. The highest BCUT2D eigenvalue weighted by Crippen LogP contribution is 2.59. The second-order valence-corrected chi connectivity index (χ2v) is 8.55. The van der Waals surface area contributed by atoms with Crippen LogP contribution >= 0.6 is 30.9 Å². The van der Waals surface area contributed by atoms with E-state index in [0.717, 1.165) is 13.0 Å². The molecule has 0 aromatic heterocycles. The number of alkyl halides is 2. The molecule has 0 bridgehead atoms. The Kier molecular flexibility index (Phi) is 6.01. The Morgan fingerprint density at radius 1 is 1.26 bits per heavy atom. The van der Waals surface area contributed by atoms with Gasteiger partial charge in [-0.25, -0.2) is 9.34 Å². The smallest absolute Gasteiger partial charge is 0.302 e. The number of hydrogen-bond donors (Lipinski definition) is 0. The lowest BCUT2D eigenvalue weighted by Gasteiger charge is -2.47. The minimum Gasteiger partial charge on any atom is -0.302 e. The molecule has 1 aliphatic heterocycles. The number of halogens is 2. The zero-order valence-corrected chi connectivity index (χ0v) is 13.8. The highest BCUT2D eigenvalue weighted by atomic mass is 35.5. The molecule has 0 spiro atoms. The predicted molar refractivity (Wildman–Crippen MR) is 80.1 cm³/mol. The molecule has 0 amide bonds. The van der Waals surface area contributed by atoms with Crippen molar-refractivity contribution in [2.75, 3.05) is 38.4 Å². The zero-order valence-electron chi connectivity index (χ0n) is 11.4. The fourth-order valence-corrected chi connectivity index (χ4v) is 6.18. The topological polar surface area (TPSA) is 32.8 Å². The number of fused-ring (bicyclic) bond motifs is 1. The Bertz CT molecular complexity index is 340. The van der Waals surface area contributed by atoms with E-state index in [-0.39, 0.29) is 6.10 Å². The maximum absolute atomic E-state index is 13.2. The van der Waals surface area contributed by atoms with Crippen molar-refractivity contribution >= 4 is 30.9 Å². The summed E-state index contributed by atoms with van der Waals surface area (Å²) in [6.45, 7) is 1.95. The first-order valence-corrected chi connectivity index (χ1v) is 9.59. The minimum absolute atomic E-state index is 0.143. The maximum atomic E-state index is 13.2. The molecule has 1 unspecified atom stereocenters. The van der Waals surface area contributed by atoms with Gasteiger partial charge in [0.1, 0.15) is 0 Å². The molecule has 3 atom stereocenters. The van der Waals surface area contributed by atoms with Crippen LogP contribution in [0, 0.1) is 5.92 Å². The summed E-state index contributed by atoms with van der Waals surface area (Å²) < 4.78 is 23.0. The van der Waals surface area contributed by atoms with Crippen molar-refractivity contribution in [3.8, 4) is 0 Å². The second kappa shape index (κ2) is 7.11. The van der Waals surface area contributed by atoms with Crippen LogP contribution in [0.5, 0.6) is 0 Å². The number of hydrogen-bond acceptors (Lipinski definition) is 2. The van der Waals surface area contributed by atoms with E-state index < -0.39 is 7.67 Å². The lowest BCUT2D eigenvalue weighted by atomic mass is 9.86. The van der Waals surface area contributed by atoms with Gasteiger partial charge in [-0.2, -0.15) is 0 Å². The molecule has 4 nitrogen and oxygen atoms in total. The van der Waals surface area contributed by atoms with Crippen LogP contribution in [0.3, 0.4) is 0 Å². The molecule has 19 heavy (non-hydrogen) atoms. The highest BCUT2D eigenvalue weighted by Gasteiger charge is 2.46. The van der Waals surface area contributed by atoms with Gasteiger partial charge in [0.2, 0.25) is 0 Å². The van der Waals surface area contributed by atoms with Crippen LogP contribution in [0.1, 0.15) is 25.7 Å². The van der Waals surface area contributed by atoms with E-state index in [1.54, 1.807) is 0 Å². The molecule has 2 fully saturated rings. The molecule has 2 aliphatic rings. The van der Waals surface area contributed by atoms with E-state index in [2.05, 4.69) is 0 Å². The third-order valence-electron chi connectivity index (χ3n) is 4.08. The third-order valence-corrected chi connectivity index (χ3v) is 7.11. The van der Waals surface area contributed by atoms with Crippen molar-refractivity contribution in [3.63, 3.8) is 0 Å². The Labute approximate surface area is 125 Å². The van der Waals surface area contributed by atoms with E-state index in [9.17, 15) is 4.57 Å². The van der Waals surface area contributed by atoms with Crippen molar-refractivity contribution in [2.45, 2.75) is 31.8 Å². The van der Waals surface area contributed by atoms with E-state index in [4.69, 9.17) is 27.7 Å². The Hall–Kier alpha value is 0.690. The van der Waals surface area contributed by atoms with E-state index in [0.29, 0.717) is 30.8 Å². The molecular weight excluding hydrogens is 306 g/mol. The van der Waals surface area contributed by atoms with Crippen LogP contribution < -0.4 is 0 Å².